The number of hydrazine groups is 1. The molecule has 1 aliphatic rings. The van der Waals surface area contributed by atoms with Crippen LogP contribution in [0.1, 0.15) is 11.5 Å². The average molecular weight is 319 g/mol. The van der Waals surface area contributed by atoms with Crippen molar-refractivity contribution in [1.82, 2.24) is 15.4 Å². The Morgan fingerprint density at radius 3 is 2.89 bits per heavy atom. The van der Waals surface area contributed by atoms with E-state index in [4.69, 9.17) is 0 Å². The van der Waals surface area contributed by atoms with Gasteiger partial charge in [0.2, 0.25) is 0 Å². The molecule has 1 atom stereocenters. The first-order valence-corrected chi connectivity index (χ1v) is 6.64. The zero-order valence-electron chi connectivity index (χ0n) is 9.95. The average Bonchev–Trinajstić information content (AvgIpc) is 2.83. The van der Waals surface area contributed by atoms with Crippen LogP contribution in [0.3, 0.4) is 0 Å². The number of anilines is 1. The van der Waals surface area contributed by atoms with Crippen LogP contribution in [0.15, 0.2) is 47.3 Å². The van der Waals surface area contributed by atoms with Gasteiger partial charge in [-0.05, 0) is 39.7 Å². The van der Waals surface area contributed by atoms with E-state index in [0.717, 1.165) is 10.0 Å². The Kier molecular flexibility index (Phi) is 3.27. The highest BCUT2D eigenvalue weighted by Crippen LogP contribution is 2.25. The number of hydrogen-bond acceptors (Lipinski definition) is 4. The SMILES string of the molecule is O=C1C(c2cccnc2)CNN1c1ccc(Br)cn1. The summed E-state index contributed by atoms with van der Waals surface area (Å²) >= 11 is 3.32. The highest BCUT2D eigenvalue weighted by molar-refractivity contribution is 9.10. The van der Waals surface area contributed by atoms with Crippen LogP contribution >= 0.6 is 15.9 Å². The second-order valence-electron chi connectivity index (χ2n) is 4.21. The van der Waals surface area contributed by atoms with Crippen molar-refractivity contribution in [3.8, 4) is 0 Å². The Bertz CT molecular complexity index is 587. The van der Waals surface area contributed by atoms with E-state index < -0.39 is 0 Å². The Morgan fingerprint density at radius 1 is 1.32 bits per heavy atom. The minimum atomic E-state index is -0.209. The van der Waals surface area contributed by atoms with Crippen LogP contribution in [-0.2, 0) is 4.79 Å². The van der Waals surface area contributed by atoms with Crippen molar-refractivity contribution in [3.63, 3.8) is 0 Å². The Hall–Kier alpha value is -1.79. The number of pyridine rings is 2. The first-order valence-electron chi connectivity index (χ1n) is 5.84. The van der Waals surface area contributed by atoms with E-state index >= 15 is 0 Å². The number of aromatic nitrogens is 2. The van der Waals surface area contributed by atoms with Gasteiger partial charge in [-0.15, -0.1) is 0 Å². The van der Waals surface area contributed by atoms with Crippen molar-refractivity contribution >= 4 is 27.7 Å². The maximum atomic E-state index is 12.4. The topological polar surface area (TPSA) is 58.1 Å². The molecule has 1 saturated heterocycles. The van der Waals surface area contributed by atoms with Gasteiger partial charge in [0.25, 0.3) is 5.91 Å². The van der Waals surface area contributed by atoms with Crippen molar-refractivity contribution < 1.29 is 4.79 Å². The molecule has 2 aromatic rings. The monoisotopic (exact) mass is 318 g/mol. The number of halogens is 1. The maximum Gasteiger partial charge on any atom is 0.251 e. The third-order valence-corrected chi connectivity index (χ3v) is 3.47. The highest BCUT2D eigenvalue weighted by Gasteiger charge is 2.34. The van der Waals surface area contributed by atoms with E-state index in [9.17, 15) is 4.79 Å². The molecule has 0 spiro atoms. The fourth-order valence-electron chi connectivity index (χ4n) is 2.04. The molecule has 1 amide bonds. The van der Waals surface area contributed by atoms with Gasteiger partial charge in [-0.1, -0.05) is 6.07 Å². The van der Waals surface area contributed by atoms with Gasteiger partial charge in [0.1, 0.15) is 5.82 Å². The van der Waals surface area contributed by atoms with E-state index in [-0.39, 0.29) is 11.8 Å². The summed E-state index contributed by atoms with van der Waals surface area (Å²) in [6.45, 7) is 0.558. The predicted octanol–water partition coefficient (Wildman–Crippen LogP) is 1.87. The first kappa shape index (κ1) is 12.3. The summed E-state index contributed by atoms with van der Waals surface area (Å²) in [4.78, 5) is 20.6. The molecule has 1 fully saturated rings. The third-order valence-electron chi connectivity index (χ3n) is 3.00. The molecule has 3 rings (SSSR count). The van der Waals surface area contributed by atoms with Crippen LogP contribution in [0, 0.1) is 0 Å². The summed E-state index contributed by atoms with van der Waals surface area (Å²) in [6.07, 6.45) is 5.09. The van der Waals surface area contributed by atoms with Gasteiger partial charge in [0.15, 0.2) is 0 Å². The number of rotatable bonds is 2. The molecule has 6 heteroatoms. The molecule has 96 valence electrons. The first-order chi connectivity index (χ1) is 9.25. The van der Waals surface area contributed by atoms with Gasteiger partial charge in [-0.2, -0.15) is 0 Å². The van der Waals surface area contributed by atoms with Gasteiger partial charge >= 0.3 is 0 Å². The number of amides is 1. The van der Waals surface area contributed by atoms with Crippen LogP contribution in [0.5, 0.6) is 0 Å². The summed E-state index contributed by atoms with van der Waals surface area (Å²) in [5.41, 5.74) is 3.99. The van der Waals surface area contributed by atoms with Gasteiger partial charge in [-0.25, -0.2) is 15.4 Å². The summed E-state index contributed by atoms with van der Waals surface area (Å²) < 4.78 is 0.881. The fourth-order valence-corrected chi connectivity index (χ4v) is 2.27. The van der Waals surface area contributed by atoms with E-state index in [1.165, 1.54) is 5.01 Å². The maximum absolute atomic E-state index is 12.4. The zero-order chi connectivity index (χ0) is 13.2. The molecule has 3 heterocycles. The third kappa shape index (κ3) is 2.36. The minimum Gasteiger partial charge on any atom is -0.272 e. The Balaban J connectivity index is 1.84. The molecule has 5 nitrogen and oxygen atoms in total. The molecular formula is C13H11BrN4O. The van der Waals surface area contributed by atoms with Crippen LogP contribution < -0.4 is 10.4 Å². The van der Waals surface area contributed by atoms with Crippen LogP contribution in [0.25, 0.3) is 0 Å². The molecule has 0 bridgehead atoms. The second kappa shape index (κ2) is 5.07. The quantitative estimate of drug-likeness (QED) is 0.918. The summed E-state index contributed by atoms with van der Waals surface area (Å²) in [6, 6.07) is 7.40. The number of carbonyl (C=O) groups is 1. The van der Waals surface area contributed by atoms with Crippen LogP contribution in [0.2, 0.25) is 0 Å². The second-order valence-corrected chi connectivity index (χ2v) is 5.13. The fraction of sp³-hybridized carbons (Fsp3) is 0.154. The van der Waals surface area contributed by atoms with Crippen molar-refractivity contribution in [2.24, 2.45) is 0 Å². The lowest BCUT2D eigenvalue weighted by Crippen LogP contribution is -2.35. The predicted molar refractivity (Wildman–Crippen MR) is 74.4 cm³/mol. The Morgan fingerprint density at radius 2 is 2.21 bits per heavy atom. The van der Waals surface area contributed by atoms with Crippen molar-refractivity contribution in [2.45, 2.75) is 5.92 Å². The zero-order valence-corrected chi connectivity index (χ0v) is 11.5. The van der Waals surface area contributed by atoms with Gasteiger partial charge in [0.05, 0.1) is 5.92 Å². The summed E-state index contributed by atoms with van der Waals surface area (Å²) in [5.74, 6) is 0.376. The minimum absolute atomic E-state index is 0.0113. The standard InChI is InChI=1S/C13H11BrN4O/c14-10-3-4-12(16-7-10)18-13(19)11(8-17-18)9-2-1-5-15-6-9/h1-7,11,17H,8H2. The molecule has 0 aromatic carbocycles. The number of nitrogens with zero attached hydrogens (tertiary/aromatic N) is 3. The molecular weight excluding hydrogens is 308 g/mol. The molecule has 1 N–H and O–H groups in total. The van der Waals surface area contributed by atoms with Crippen molar-refractivity contribution in [2.75, 3.05) is 11.6 Å². The van der Waals surface area contributed by atoms with Gasteiger partial charge in [0, 0.05) is 29.6 Å². The molecule has 2 aromatic heterocycles. The lowest BCUT2D eigenvalue weighted by atomic mass is 10.0. The highest BCUT2D eigenvalue weighted by atomic mass is 79.9. The lowest BCUT2D eigenvalue weighted by molar-refractivity contribution is -0.118. The van der Waals surface area contributed by atoms with Crippen LogP contribution in [-0.4, -0.2) is 22.4 Å². The van der Waals surface area contributed by atoms with E-state index in [1.807, 2.05) is 18.2 Å². The van der Waals surface area contributed by atoms with E-state index in [1.54, 1.807) is 24.7 Å². The molecule has 0 saturated carbocycles. The van der Waals surface area contributed by atoms with Crippen molar-refractivity contribution in [1.29, 1.82) is 0 Å². The van der Waals surface area contributed by atoms with E-state index in [2.05, 4.69) is 31.3 Å². The summed E-state index contributed by atoms with van der Waals surface area (Å²) in [5, 5.41) is 1.49. The van der Waals surface area contributed by atoms with Crippen LogP contribution in [0.4, 0.5) is 5.82 Å². The molecule has 0 radical (unpaired) electrons. The number of hydrogen-bond donors (Lipinski definition) is 1. The van der Waals surface area contributed by atoms with Gasteiger partial charge in [-0.3, -0.25) is 9.78 Å². The smallest absolute Gasteiger partial charge is 0.251 e. The Labute approximate surface area is 118 Å². The largest absolute Gasteiger partial charge is 0.272 e. The number of nitrogens with one attached hydrogen (secondary N) is 1. The number of carbonyl (C=O) groups excluding carboxylic acids is 1. The van der Waals surface area contributed by atoms with Gasteiger partial charge < -0.3 is 0 Å². The molecule has 0 aliphatic carbocycles. The summed E-state index contributed by atoms with van der Waals surface area (Å²) in [7, 11) is 0. The lowest BCUT2D eigenvalue weighted by Gasteiger charge is -2.14. The molecule has 1 aliphatic heterocycles. The molecule has 1 unspecified atom stereocenters. The normalized spacial score (nSPS) is 18.9. The molecule has 19 heavy (non-hydrogen) atoms. The van der Waals surface area contributed by atoms with Crippen molar-refractivity contribution in [3.05, 3.63) is 52.9 Å². The van der Waals surface area contributed by atoms with E-state index in [0.29, 0.717) is 12.4 Å².